The highest BCUT2D eigenvalue weighted by molar-refractivity contribution is 5.84. The zero-order chi connectivity index (χ0) is 17.9. The lowest BCUT2D eigenvalue weighted by atomic mass is 10.2. The van der Waals surface area contributed by atoms with Gasteiger partial charge >= 0.3 is 0 Å². The summed E-state index contributed by atoms with van der Waals surface area (Å²) >= 11 is 0. The molecule has 4 rings (SSSR count). The minimum atomic E-state index is -0.251. The van der Waals surface area contributed by atoms with Crippen LogP contribution < -0.4 is 4.74 Å². The predicted octanol–water partition coefficient (Wildman–Crippen LogP) is 2.20. The van der Waals surface area contributed by atoms with Crippen LogP contribution in [0.3, 0.4) is 0 Å². The molecule has 2 atom stereocenters. The molecule has 0 spiro atoms. The van der Waals surface area contributed by atoms with Crippen LogP contribution in [0.15, 0.2) is 36.5 Å². The Labute approximate surface area is 153 Å². The number of carbonyl (C=O) groups excluding carboxylic acids is 1. The first-order valence-electron chi connectivity index (χ1n) is 9.16. The van der Waals surface area contributed by atoms with E-state index in [0.29, 0.717) is 13.1 Å². The third kappa shape index (κ3) is 3.35. The molecule has 134 valence electrons. The predicted molar refractivity (Wildman–Crippen MR) is 97.6 cm³/mol. The molecule has 2 aliphatic heterocycles. The van der Waals surface area contributed by atoms with E-state index in [1.54, 1.807) is 11.1 Å². The average molecular weight is 350 g/mol. The van der Waals surface area contributed by atoms with Crippen LogP contribution in [-0.4, -0.2) is 59.0 Å². The molecule has 2 fully saturated rings. The van der Waals surface area contributed by atoms with Gasteiger partial charge in [-0.25, -0.2) is 0 Å². The largest absolute Gasteiger partial charge is 0.487 e. The fourth-order valence-corrected chi connectivity index (χ4v) is 3.87. The lowest BCUT2D eigenvalue weighted by Gasteiger charge is -2.23. The molecule has 2 aromatic rings. The summed E-state index contributed by atoms with van der Waals surface area (Å²) in [4.78, 5) is 20.8. The van der Waals surface area contributed by atoms with E-state index in [9.17, 15) is 4.79 Å². The Bertz CT molecular complexity index is 842. The summed E-state index contributed by atoms with van der Waals surface area (Å²) in [5, 5.41) is 10.2. The standard InChI is InChI=1S/C20H22N4O2/c21-12-16-6-3-10-24(16)19(25)14-23-11-8-17(13-23)26-18-7-1-4-15-5-2-9-22-20(15)18/h1-2,4-5,7,9,16-17H,3,6,8,10-11,13-14H2/t16?,17-/m0/s1. The van der Waals surface area contributed by atoms with Gasteiger partial charge < -0.3 is 9.64 Å². The second-order valence-corrected chi connectivity index (χ2v) is 6.97. The van der Waals surface area contributed by atoms with Gasteiger partial charge in [0.1, 0.15) is 23.4 Å². The quantitative estimate of drug-likeness (QED) is 0.845. The van der Waals surface area contributed by atoms with Gasteiger partial charge in [-0.05, 0) is 31.4 Å². The summed E-state index contributed by atoms with van der Waals surface area (Å²) in [7, 11) is 0. The number of pyridine rings is 1. The van der Waals surface area contributed by atoms with E-state index < -0.39 is 0 Å². The van der Waals surface area contributed by atoms with Gasteiger partial charge in [-0.15, -0.1) is 0 Å². The Morgan fingerprint density at radius 3 is 3.04 bits per heavy atom. The molecule has 0 N–H and O–H groups in total. The summed E-state index contributed by atoms with van der Waals surface area (Å²) in [6.45, 7) is 2.62. The third-order valence-corrected chi connectivity index (χ3v) is 5.20. The number of hydrogen-bond acceptors (Lipinski definition) is 5. The Morgan fingerprint density at radius 2 is 2.15 bits per heavy atom. The van der Waals surface area contributed by atoms with Crippen LogP contribution >= 0.6 is 0 Å². The van der Waals surface area contributed by atoms with Crippen LogP contribution in [0.5, 0.6) is 5.75 Å². The van der Waals surface area contributed by atoms with Gasteiger partial charge in [-0.1, -0.05) is 18.2 Å². The maximum atomic E-state index is 12.5. The van der Waals surface area contributed by atoms with Crippen LogP contribution in [0.2, 0.25) is 0 Å². The van der Waals surface area contributed by atoms with Crippen LogP contribution in [0.4, 0.5) is 0 Å². The normalized spacial score (nSPS) is 23.3. The summed E-state index contributed by atoms with van der Waals surface area (Å²) < 4.78 is 6.19. The van der Waals surface area contributed by atoms with E-state index in [0.717, 1.165) is 49.0 Å². The molecule has 6 nitrogen and oxygen atoms in total. The maximum Gasteiger partial charge on any atom is 0.237 e. The molecular formula is C20H22N4O2. The molecule has 1 aromatic heterocycles. The first-order chi connectivity index (χ1) is 12.7. The van der Waals surface area contributed by atoms with Crippen LogP contribution in [0.1, 0.15) is 19.3 Å². The SMILES string of the molecule is N#CC1CCCN1C(=O)CN1CC[C@H](Oc2cccc3cccnc23)C1. The number of nitrogens with zero attached hydrogens (tertiary/aromatic N) is 4. The number of aromatic nitrogens is 1. The Hall–Kier alpha value is -2.65. The van der Waals surface area contributed by atoms with Crippen molar-refractivity contribution in [3.05, 3.63) is 36.5 Å². The Kier molecular flexibility index (Phi) is 4.72. The first-order valence-corrected chi connectivity index (χ1v) is 9.16. The Morgan fingerprint density at radius 1 is 1.27 bits per heavy atom. The fourth-order valence-electron chi connectivity index (χ4n) is 3.87. The number of hydrogen-bond donors (Lipinski definition) is 0. The number of fused-ring (bicyclic) bond motifs is 1. The summed E-state index contributed by atoms with van der Waals surface area (Å²) in [6, 6.07) is 11.9. The average Bonchev–Trinajstić information content (AvgIpc) is 3.31. The van der Waals surface area contributed by atoms with E-state index in [-0.39, 0.29) is 18.1 Å². The molecule has 3 heterocycles. The van der Waals surface area contributed by atoms with Crippen molar-refractivity contribution in [1.82, 2.24) is 14.8 Å². The summed E-state index contributed by atoms with van der Waals surface area (Å²) in [5.41, 5.74) is 0.874. The molecule has 0 saturated carbocycles. The van der Waals surface area contributed by atoms with E-state index in [2.05, 4.69) is 16.0 Å². The lowest BCUT2D eigenvalue weighted by Crippen LogP contribution is -2.42. The number of rotatable bonds is 4. The summed E-state index contributed by atoms with van der Waals surface area (Å²) in [5.74, 6) is 0.854. The van der Waals surface area contributed by atoms with Crippen molar-refractivity contribution >= 4 is 16.8 Å². The monoisotopic (exact) mass is 350 g/mol. The van der Waals surface area contributed by atoms with Crippen molar-refractivity contribution in [2.45, 2.75) is 31.4 Å². The van der Waals surface area contributed by atoms with E-state index in [1.165, 1.54) is 0 Å². The van der Waals surface area contributed by atoms with E-state index in [1.807, 2.05) is 30.3 Å². The molecule has 0 aliphatic carbocycles. The molecular weight excluding hydrogens is 328 g/mol. The van der Waals surface area contributed by atoms with Gasteiger partial charge in [0, 0.05) is 31.2 Å². The molecule has 1 amide bonds. The summed E-state index contributed by atoms with van der Waals surface area (Å²) in [6.07, 6.45) is 4.43. The number of nitriles is 1. The highest BCUT2D eigenvalue weighted by Crippen LogP contribution is 2.26. The number of likely N-dealkylation sites (tertiary alicyclic amines) is 2. The number of ether oxygens (including phenoxy) is 1. The molecule has 2 aliphatic rings. The van der Waals surface area contributed by atoms with Gasteiger partial charge in [0.25, 0.3) is 0 Å². The fraction of sp³-hybridized carbons (Fsp3) is 0.450. The highest BCUT2D eigenvalue weighted by atomic mass is 16.5. The third-order valence-electron chi connectivity index (χ3n) is 5.20. The first kappa shape index (κ1) is 16.8. The van der Waals surface area contributed by atoms with Crippen LogP contribution in [0.25, 0.3) is 10.9 Å². The zero-order valence-corrected chi connectivity index (χ0v) is 14.7. The second-order valence-electron chi connectivity index (χ2n) is 6.97. The zero-order valence-electron chi connectivity index (χ0n) is 14.7. The van der Waals surface area contributed by atoms with Crippen LogP contribution in [-0.2, 0) is 4.79 Å². The number of amides is 1. The van der Waals surface area contributed by atoms with E-state index >= 15 is 0 Å². The Balaban J connectivity index is 1.37. The minimum Gasteiger partial charge on any atom is -0.487 e. The van der Waals surface area contributed by atoms with Gasteiger partial charge in [0.15, 0.2) is 0 Å². The van der Waals surface area contributed by atoms with Crippen molar-refractivity contribution in [3.8, 4) is 11.8 Å². The molecule has 6 heteroatoms. The van der Waals surface area contributed by atoms with Crippen molar-refractivity contribution in [2.24, 2.45) is 0 Å². The van der Waals surface area contributed by atoms with Crippen LogP contribution in [0, 0.1) is 11.3 Å². The maximum absolute atomic E-state index is 12.5. The second kappa shape index (κ2) is 7.30. The molecule has 1 aromatic carbocycles. The molecule has 0 bridgehead atoms. The van der Waals surface area contributed by atoms with E-state index in [4.69, 9.17) is 10.00 Å². The number of benzene rings is 1. The smallest absolute Gasteiger partial charge is 0.237 e. The van der Waals surface area contributed by atoms with Crippen molar-refractivity contribution in [2.75, 3.05) is 26.2 Å². The molecule has 1 unspecified atom stereocenters. The number of para-hydroxylation sites is 1. The van der Waals surface area contributed by atoms with Gasteiger partial charge in [-0.3, -0.25) is 14.7 Å². The van der Waals surface area contributed by atoms with Crippen molar-refractivity contribution in [3.63, 3.8) is 0 Å². The molecule has 26 heavy (non-hydrogen) atoms. The molecule has 0 radical (unpaired) electrons. The van der Waals surface area contributed by atoms with Gasteiger partial charge in [0.2, 0.25) is 5.91 Å². The van der Waals surface area contributed by atoms with Gasteiger partial charge in [0.05, 0.1) is 12.6 Å². The number of carbonyl (C=O) groups is 1. The van der Waals surface area contributed by atoms with Crippen molar-refractivity contribution in [1.29, 1.82) is 5.26 Å². The highest BCUT2D eigenvalue weighted by Gasteiger charge is 2.32. The minimum absolute atomic E-state index is 0.0562. The van der Waals surface area contributed by atoms with Gasteiger partial charge in [-0.2, -0.15) is 5.26 Å². The van der Waals surface area contributed by atoms with Crippen molar-refractivity contribution < 1.29 is 9.53 Å². The molecule has 2 saturated heterocycles. The topological polar surface area (TPSA) is 69.5 Å². The lowest BCUT2D eigenvalue weighted by molar-refractivity contribution is -0.132.